The van der Waals surface area contributed by atoms with Crippen LogP contribution in [0, 0.1) is 0 Å². The van der Waals surface area contributed by atoms with Gasteiger partial charge in [0.05, 0.1) is 12.6 Å². The average Bonchev–Trinajstić information content (AvgIpc) is 2.97. The van der Waals surface area contributed by atoms with E-state index in [1.54, 1.807) is 48.8 Å². The quantitative estimate of drug-likeness (QED) is 0.876. The molecule has 1 aromatic carbocycles. The third kappa shape index (κ3) is 3.76. The minimum absolute atomic E-state index is 0.0933. The highest BCUT2D eigenvalue weighted by Crippen LogP contribution is 2.34. The van der Waals surface area contributed by atoms with Crippen LogP contribution in [0.15, 0.2) is 48.8 Å². The van der Waals surface area contributed by atoms with Gasteiger partial charge in [-0.15, -0.1) is 0 Å². The van der Waals surface area contributed by atoms with Gasteiger partial charge in [0.15, 0.2) is 0 Å². The highest BCUT2D eigenvalue weighted by atomic mass is 35.5. The van der Waals surface area contributed by atoms with Crippen LogP contribution < -0.4 is 4.72 Å². The summed E-state index contributed by atoms with van der Waals surface area (Å²) in [5.74, 6) is 0. The van der Waals surface area contributed by atoms with Crippen LogP contribution in [0.4, 0.5) is 0 Å². The summed E-state index contributed by atoms with van der Waals surface area (Å²) in [4.78, 5) is 9.45. The summed E-state index contributed by atoms with van der Waals surface area (Å²) in [6, 6.07) is 10.3. The van der Waals surface area contributed by atoms with Crippen molar-refractivity contribution in [1.82, 2.24) is 14.8 Å². The van der Waals surface area contributed by atoms with Crippen molar-refractivity contribution in [2.75, 3.05) is 13.7 Å². The molecule has 0 amide bonds. The maximum absolute atomic E-state index is 12.7. The molecule has 1 N–H and O–H groups in total. The molecule has 6 nitrogen and oxygen atoms in total. The van der Waals surface area contributed by atoms with E-state index in [1.807, 2.05) is 12.1 Å². The zero-order valence-electron chi connectivity index (χ0n) is 13.1. The number of hydrogen-bond acceptors (Lipinski definition) is 5. The minimum Gasteiger partial charge on any atom is -0.297 e. The molecule has 1 aliphatic heterocycles. The Morgan fingerprint density at radius 2 is 2.21 bits per heavy atom. The van der Waals surface area contributed by atoms with E-state index in [0.717, 1.165) is 11.1 Å². The first kappa shape index (κ1) is 17.3. The second-order valence-electron chi connectivity index (χ2n) is 5.61. The Labute approximate surface area is 146 Å². The Morgan fingerprint density at radius 1 is 1.38 bits per heavy atom. The molecule has 1 fully saturated rings. The van der Waals surface area contributed by atoms with E-state index in [2.05, 4.69) is 9.71 Å². The summed E-state index contributed by atoms with van der Waals surface area (Å²) < 4.78 is 28.1. The van der Waals surface area contributed by atoms with Crippen molar-refractivity contribution in [3.8, 4) is 0 Å². The first-order valence-electron chi connectivity index (χ1n) is 7.46. The molecule has 0 spiro atoms. The predicted molar refractivity (Wildman–Crippen MR) is 91.7 cm³/mol. The molecule has 2 aromatic rings. The van der Waals surface area contributed by atoms with E-state index in [-0.39, 0.29) is 13.2 Å². The number of benzene rings is 1. The summed E-state index contributed by atoms with van der Waals surface area (Å²) in [5, 5.41) is 1.41. The maximum Gasteiger partial charge on any atom is 0.219 e. The van der Waals surface area contributed by atoms with Gasteiger partial charge in [-0.2, -0.15) is 5.06 Å². The highest BCUT2D eigenvalue weighted by Gasteiger charge is 2.43. The molecular weight excluding hydrogens is 350 g/mol. The second kappa shape index (κ2) is 7.16. The molecule has 24 heavy (non-hydrogen) atoms. The molecule has 1 saturated heterocycles. The normalized spacial score (nSPS) is 21.9. The first-order valence-corrected chi connectivity index (χ1v) is 9.38. The number of nitrogens with zero attached hydrogens (tertiary/aromatic N) is 2. The maximum atomic E-state index is 12.7. The Kier molecular flexibility index (Phi) is 5.17. The molecule has 2 atom stereocenters. The van der Waals surface area contributed by atoms with Gasteiger partial charge < -0.3 is 0 Å². The standard InChI is InChI=1S/C16H18ClN3O3S/c1-20-16(13-5-2-6-14(17)8-13)15(11-23-20)24(21,22)19-10-12-4-3-7-18-9-12/h2-9,15-16,19H,10-11H2,1H3. The van der Waals surface area contributed by atoms with E-state index < -0.39 is 21.3 Å². The minimum atomic E-state index is -3.59. The lowest BCUT2D eigenvalue weighted by molar-refractivity contribution is -0.110. The number of halogens is 1. The van der Waals surface area contributed by atoms with Crippen molar-refractivity contribution in [1.29, 1.82) is 0 Å². The van der Waals surface area contributed by atoms with Gasteiger partial charge in [-0.25, -0.2) is 13.1 Å². The van der Waals surface area contributed by atoms with Crippen molar-refractivity contribution in [3.05, 3.63) is 64.9 Å². The van der Waals surface area contributed by atoms with Gasteiger partial charge >= 0.3 is 0 Å². The van der Waals surface area contributed by atoms with E-state index in [0.29, 0.717) is 5.02 Å². The predicted octanol–water partition coefficient (Wildman–Crippen LogP) is 2.14. The van der Waals surface area contributed by atoms with Gasteiger partial charge in [-0.05, 0) is 29.3 Å². The fourth-order valence-electron chi connectivity index (χ4n) is 2.76. The zero-order valence-corrected chi connectivity index (χ0v) is 14.7. The van der Waals surface area contributed by atoms with Gasteiger partial charge in [0.25, 0.3) is 0 Å². The molecule has 1 aromatic heterocycles. The third-order valence-electron chi connectivity index (χ3n) is 3.98. The van der Waals surface area contributed by atoms with E-state index in [9.17, 15) is 8.42 Å². The molecule has 2 unspecified atom stereocenters. The number of pyridine rings is 1. The van der Waals surface area contributed by atoms with Gasteiger partial charge in [0, 0.05) is 31.0 Å². The number of sulfonamides is 1. The van der Waals surface area contributed by atoms with E-state index in [1.165, 1.54) is 0 Å². The molecule has 8 heteroatoms. The molecule has 2 heterocycles. The largest absolute Gasteiger partial charge is 0.297 e. The number of aromatic nitrogens is 1. The monoisotopic (exact) mass is 367 g/mol. The lowest BCUT2D eigenvalue weighted by Crippen LogP contribution is -2.39. The average molecular weight is 368 g/mol. The Bertz CT molecular complexity index is 801. The Morgan fingerprint density at radius 3 is 2.92 bits per heavy atom. The topological polar surface area (TPSA) is 71.5 Å². The molecule has 0 aliphatic carbocycles. The smallest absolute Gasteiger partial charge is 0.219 e. The highest BCUT2D eigenvalue weighted by molar-refractivity contribution is 7.90. The van der Waals surface area contributed by atoms with E-state index >= 15 is 0 Å². The first-order chi connectivity index (χ1) is 11.5. The fourth-order valence-corrected chi connectivity index (χ4v) is 4.45. The second-order valence-corrected chi connectivity index (χ2v) is 8.03. The molecular formula is C16H18ClN3O3S. The van der Waals surface area contributed by atoms with Crippen LogP contribution in [0.2, 0.25) is 5.02 Å². The van der Waals surface area contributed by atoms with Crippen LogP contribution >= 0.6 is 11.6 Å². The molecule has 0 saturated carbocycles. The summed E-state index contributed by atoms with van der Waals surface area (Å²) in [5.41, 5.74) is 1.60. The molecule has 3 rings (SSSR count). The van der Waals surface area contributed by atoms with Crippen LogP contribution in [-0.4, -0.2) is 37.4 Å². The number of rotatable bonds is 5. The number of nitrogens with one attached hydrogen (secondary N) is 1. The fraction of sp³-hybridized carbons (Fsp3) is 0.312. The van der Waals surface area contributed by atoms with Crippen molar-refractivity contribution < 1.29 is 13.3 Å². The summed E-state index contributed by atoms with van der Waals surface area (Å²) in [7, 11) is -1.86. The van der Waals surface area contributed by atoms with Crippen LogP contribution in [0.5, 0.6) is 0 Å². The summed E-state index contributed by atoms with van der Waals surface area (Å²) >= 11 is 6.04. The van der Waals surface area contributed by atoms with E-state index in [4.69, 9.17) is 16.4 Å². The number of hydrogen-bond donors (Lipinski definition) is 1. The summed E-state index contributed by atoms with van der Waals surface area (Å²) in [6.07, 6.45) is 3.28. The zero-order chi connectivity index (χ0) is 17.2. The lowest BCUT2D eigenvalue weighted by atomic mass is 10.0. The van der Waals surface area contributed by atoms with Gasteiger partial charge in [-0.3, -0.25) is 9.82 Å². The van der Waals surface area contributed by atoms with Crippen molar-refractivity contribution in [2.45, 2.75) is 17.8 Å². The molecule has 0 radical (unpaired) electrons. The lowest BCUT2D eigenvalue weighted by Gasteiger charge is -2.23. The Balaban J connectivity index is 1.80. The van der Waals surface area contributed by atoms with Crippen molar-refractivity contribution in [2.24, 2.45) is 0 Å². The van der Waals surface area contributed by atoms with Crippen molar-refractivity contribution >= 4 is 21.6 Å². The van der Waals surface area contributed by atoms with Crippen LogP contribution in [-0.2, 0) is 21.4 Å². The van der Waals surface area contributed by atoms with Crippen LogP contribution in [0.25, 0.3) is 0 Å². The van der Waals surface area contributed by atoms with Crippen molar-refractivity contribution in [3.63, 3.8) is 0 Å². The molecule has 128 valence electrons. The molecule has 1 aliphatic rings. The number of hydroxylamine groups is 2. The van der Waals surface area contributed by atoms with Gasteiger partial charge in [0.2, 0.25) is 10.0 Å². The van der Waals surface area contributed by atoms with Crippen LogP contribution in [0.3, 0.4) is 0 Å². The van der Waals surface area contributed by atoms with Gasteiger partial charge in [0.1, 0.15) is 5.25 Å². The van der Waals surface area contributed by atoms with Gasteiger partial charge in [-0.1, -0.05) is 29.8 Å². The summed E-state index contributed by atoms with van der Waals surface area (Å²) in [6.45, 7) is 0.286. The SMILES string of the molecule is CN1OCC(S(=O)(=O)NCc2cccnc2)C1c1cccc(Cl)c1. The molecule has 0 bridgehead atoms. The van der Waals surface area contributed by atoms with Crippen LogP contribution in [0.1, 0.15) is 17.2 Å². The Hall–Kier alpha value is -1.51. The third-order valence-corrected chi connectivity index (χ3v) is 5.95.